The van der Waals surface area contributed by atoms with Gasteiger partial charge in [0.25, 0.3) is 5.91 Å². The summed E-state index contributed by atoms with van der Waals surface area (Å²) in [7, 11) is 0. The molecule has 0 aliphatic carbocycles. The Morgan fingerprint density at radius 3 is 2.33 bits per heavy atom. The van der Waals surface area contributed by atoms with Crippen LogP contribution in [0.5, 0.6) is 0 Å². The SMILES string of the molecule is CC(C)NC(=O)Nc1ccccc1C(=O)Nc1ccc(F)cc1F. The minimum atomic E-state index is -0.883. The number of nitrogens with one attached hydrogen (secondary N) is 3. The van der Waals surface area contributed by atoms with Crippen LogP contribution in [0.2, 0.25) is 0 Å². The molecule has 0 saturated carbocycles. The van der Waals surface area contributed by atoms with Crippen molar-refractivity contribution in [2.24, 2.45) is 0 Å². The van der Waals surface area contributed by atoms with Crippen molar-refractivity contribution in [3.05, 3.63) is 59.7 Å². The van der Waals surface area contributed by atoms with Gasteiger partial charge in [-0.15, -0.1) is 0 Å². The van der Waals surface area contributed by atoms with Crippen LogP contribution in [0.15, 0.2) is 42.5 Å². The Morgan fingerprint density at radius 1 is 0.958 bits per heavy atom. The molecule has 0 unspecified atom stereocenters. The summed E-state index contributed by atoms with van der Waals surface area (Å²) in [4.78, 5) is 24.1. The third-order valence-corrected chi connectivity index (χ3v) is 3.02. The molecule has 0 spiro atoms. The van der Waals surface area contributed by atoms with Crippen molar-refractivity contribution in [2.75, 3.05) is 10.6 Å². The van der Waals surface area contributed by atoms with Crippen LogP contribution in [0, 0.1) is 11.6 Å². The molecule has 2 aromatic rings. The molecule has 0 aromatic heterocycles. The second-order valence-corrected chi connectivity index (χ2v) is 5.38. The van der Waals surface area contributed by atoms with Gasteiger partial charge < -0.3 is 16.0 Å². The minimum Gasteiger partial charge on any atom is -0.336 e. The van der Waals surface area contributed by atoms with Gasteiger partial charge in [0.05, 0.1) is 16.9 Å². The predicted molar refractivity (Wildman–Crippen MR) is 88.0 cm³/mol. The van der Waals surface area contributed by atoms with Gasteiger partial charge in [-0.1, -0.05) is 12.1 Å². The summed E-state index contributed by atoms with van der Waals surface area (Å²) >= 11 is 0. The molecular formula is C17H17F2N3O2. The van der Waals surface area contributed by atoms with Crippen LogP contribution in [0.25, 0.3) is 0 Å². The standard InChI is InChI=1S/C17H17F2N3O2/c1-10(2)20-17(24)22-14-6-4-3-5-12(14)16(23)21-15-8-7-11(18)9-13(15)19/h3-10H,1-2H3,(H,21,23)(H2,20,22,24). The van der Waals surface area contributed by atoms with E-state index in [0.717, 1.165) is 12.1 Å². The lowest BCUT2D eigenvalue weighted by Crippen LogP contribution is -2.34. The Labute approximate surface area is 138 Å². The van der Waals surface area contributed by atoms with Crippen LogP contribution in [0.3, 0.4) is 0 Å². The maximum absolute atomic E-state index is 13.6. The lowest BCUT2D eigenvalue weighted by Gasteiger charge is -2.13. The van der Waals surface area contributed by atoms with Gasteiger partial charge in [0, 0.05) is 12.1 Å². The molecule has 0 radical (unpaired) electrons. The van der Waals surface area contributed by atoms with E-state index in [4.69, 9.17) is 0 Å². The highest BCUT2D eigenvalue weighted by atomic mass is 19.1. The van der Waals surface area contributed by atoms with Crippen LogP contribution < -0.4 is 16.0 Å². The van der Waals surface area contributed by atoms with E-state index in [2.05, 4.69) is 16.0 Å². The van der Waals surface area contributed by atoms with Crippen molar-refractivity contribution in [3.8, 4) is 0 Å². The number of benzene rings is 2. The van der Waals surface area contributed by atoms with Gasteiger partial charge in [-0.3, -0.25) is 4.79 Å². The number of anilines is 2. The largest absolute Gasteiger partial charge is 0.336 e. The molecule has 0 heterocycles. The molecule has 2 rings (SSSR count). The third-order valence-electron chi connectivity index (χ3n) is 3.02. The van der Waals surface area contributed by atoms with E-state index in [1.54, 1.807) is 32.0 Å². The molecule has 3 amide bonds. The zero-order valence-corrected chi connectivity index (χ0v) is 13.2. The monoisotopic (exact) mass is 333 g/mol. The van der Waals surface area contributed by atoms with E-state index < -0.39 is 23.6 Å². The number of carbonyl (C=O) groups is 2. The molecule has 0 fully saturated rings. The van der Waals surface area contributed by atoms with E-state index in [1.165, 1.54) is 6.07 Å². The number of rotatable bonds is 4. The van der Waals surface area contributed by atoms with Crippen LogP contribution >= 0.6 is 0 Å². The lowest BCUT2D eigenvalue weighted by atomic mass is 10.1. The van der Waals surface area contributed by atoms with Crippen LogP contribution in [-0.4, -0.2) is 18.0 Å². The first-order valence-electron chi connectivity index (χ1n) is 7.29. The summed E-state index contributed by atoms with van der Waals surface area (Å²) in [6.07, 6.45) is 0. The Balaban J connectivity index is 2.19. The van der Waals surface area contributed by atoms with Gasteiger partial charge in [0.2, 0.25) is 0 Å². The van der Waals surface area contributed by atoms with Crippen LogP contribution in [0.4, 0.5) is 25.0 Å². The molecule has 0 bridgehead atoms. The smallest absolute Gasteiger partial charge is 0.319 e. The van der Waals surface area contributed by atoms with E-state index in [0.29, 0.717) is 6.07 Å². The Hall–Kier alpha value is -2.96. The first kappa shape index (κ1) is 17.4. The second-order valence-electron chi connectivity index (χ2n) is 5.38. The van der Waals surface area contributed by atoms with Gasteiger partial charge in [0.1, 0.15) is 11.6 Å². The maximum Gasteiger partial charge on any atom is 0.319 e. The van der Waals surface area contributed by atoms with Crippen molar-refractivity contribution in [2.45, 2.75) is 19.9 Å². The molecule has 0 atom stereocenters. The summed E-state index contributed by atoms with van der Waals surface area (Å²) < 4.78 is 26.6. The Bertz CT molecular complexity index is 763. The molecule has 0 saturated heterocycles. The second kappa shape index (κ2) is 7.54. The van der Waals surface area contributed by atoms with E-state index >= 15 is 0 Å². The number of para-hydroxylation sites is 1. The zero-order chi connectivity index (χ0) is 17.7. The molecule has 2 aromatic carbocycles. The van der Waals surface area contributed by atoms with Crippen molar-refractivity contribution in [1.82, 2.24) is 5.32 Å². The fraction of sp³-hybridized carbons (Fsp3) is 0.176. The van der Waals surface area contributed by atoms with Gasteiger partial charge in [-0.2, -0.15) is 0 Å². The van der Waals surface area contributed by atoms with Gasteiger partial charge in [-0.05, 0) is 38.1 Å². The first-order chi connectivity index (χ1) is 11.4. The van der Waals surface area contributed by atoms with Crippen LogP contribution in [0.1, 0.15) is 24.2 Å². The normalized spacial score (nSPS) is 10.4. The van der Waals surface area contributed by atoms with E-state index in [-0.39, 0.29) is 23.0 Å². The average molecular weight is 333 g/mol. The lowest BCUT2D eigenvalue weighted by molar-refractivity contribution is 0.102. The van der Waals surface area contributed by atoms with Gasteiger partial charge in [0.15, 0.2) is 0 Å². The summed E-state index contributed by atoms with van der Waals surface area (Å²) in [6.45, 7) is 3.60. The molecule has 126 valence electrons. The number of carbonyl (C=O) groups excluding carboxylic acids is 2. The number of halogens is 2. The molecule has 7 heteroatoms. The number of hydrogen-bond donors (Lipinski definition) is 3. The third kappa shape index (κ3) is 4.52. The number of hydrogen-bond acceptors (Lipinski definition) is 2. The molecule has 0 aliphatic rings. The van der Waals surface area contributed by atoms with Crippen molar-refractivity contribution in [3.63, 3.8) is 0 Å². The molecule has 24 heavy (non-hydrogen) atoms. The zero-order valence-electron chi connectivity index (χ0n) is 13.2. The number of urea groups is 1. The van der Waals surface area contributed by atoms with E-state index in [1.807, 2.05) is 0 Å². The van der Waals surface area contributed by atoms with Crippen LogP contribution in [-0.2, 0) is 0 Å². The van der Waals surface area contributed by atoms with Gasteiger partial charge in [-0.25, -0.2) is 13.6 Å². The molecule has 3 N–H and O–H groups in total. The quantitative estimate of drug-likeness (QED) is 0.797. The van der Waals surface area contributed by atoms with E-state index in [9.17, 15) is 18.4 Å². The van der Waals surface area contributed by atoms with Crippen molar-refractivity contribution in [1.29, 1.82) is 0 Å². The molecule has 0 aliphatic heterocycles. The highest BCUT2D eigenvalue weighted by molar-refractivity contribution is 6.10. The fourth-order valence-electron chi connectivity index (χ4n) is 1.99. The topological polar surface area (TPSA) is 70.2 Å². The predicted octanol–water partition coefficient (Wildman–Crippen LogP) is 3.75. The Morgan fingerprint density at radius 2 is 1.67 bits per heavy atom. The van der Waals surface area contributed by atoms with Gasteiger partial charge >= 0.3 is 6.03 Å². The first-order valence-corrected chi connectivity index (χ1v) is 7.29. The minimum absolute atomic E-state index is 0.0701. The highest BCUT2D eigenvalue weighted by Gasteiger charge is 2.15. The average Bonchev–Trinajstić information content (AvgIpc) is 2.49. The number of amides is 3. The van der Waals surface area contributed by atoms with Crippen molar-refractivity contribution < 1.29 is 18.4 Å². The fourth-order valence-corrected chi connectivity index (χ4v) is 1.99. The summed E-state index contributed by atoms with van der Waals surface area (Å²) in [5.74, 6) is -2.25. The molecular weight excluding hydrogens is 316 g/mol. The highest BCUT2D eigenvalue weighted by Crippen LogP contribution is 2.20. The summed E-state index contributed by atoms with van der Waals surface area (Å²) in [6, 6.07) is 8.62. The summed E-state index contributed by atoms with van der Waals surface area (Å²) in [5.41, 5.74) is 0.277. The summed E-state index contributed by atoms with van der Waals surface area (Å²) in [5, 5.41) is 7.56. The maximum atomic E-state index is 13.6. The Kier molecular flexibility index (Phi) is 5.47. The van der Waals surface area contributed by atoms with Crippen molar-refractivity contribution >= 4 is 23.3 Å². The molecule has 5 nitrogen and oxygen atoms in total.